The van der Waals surface area contributed by atoms with Gasteiger partial charge in [-0.2, -0.15) is 11.8 Å². The summed E-state index contributed by atoms with van der Waals surface area (Å²) in [4.78, 5) is 36.4. The topological polar surface area (TPSA) is 96.0 Å². The Morgan fingerprint density at radius 1 is 1.06 bits per heavy atom. The molecule has 1 saturated heterocycles. The number of fused-ring (bicyclic) bond motifs is 3. The summed E-state index contributed by atoms with van der Waals surface area (Å²) >= 11 is 1.99. The first-order chi connectivity index (χ1) is 16.7. The summed E-state index contributed by atoms with van der Waals surface area (Å²) in [6.45, 7) is 4.12. The normalized spacial score (nSPS) is 17.3. The standard InChI is InChI=1S/C25H27N5O3S/c31-24-22-17-5-4-6-18-21(17)28-30(25(18)32)7-2-1-3-10-33-20-14-16(13-19(26-24)23(20)27-22)15-29-8-11-34-12-9-29/h4-6,13-14,28H,1-3,7-12,15H2,(H,26,31). The molecule has 0 radical (unpaired) electrons. The van der Waals surface area contributed by atoms with Crippen molar-refractivity contribution < 1.29 is 4.74 Å². The molecule has 4 aromatic rings. The van der Waals surface area contributed by atoms with E-state index in [1.807, 2.05) is 23.9 Å². The van der Waals surface area contributed by atoms with Crippen molar-refractivity contribution in [2.24, 2.45) is 0 Å². The van der Waals surface area contributed by atoms with E-state index < -0.39 is 0 Å². The van der Waals surface area contributed by atoms with Gasteiger partial charge < -0.3 is 9.72 Å². The van der Waals surface area contributed by atoms with Crippen molar-refractivity contribution in [3.05, 3.63) is 56.6 Å². The summed E-state index contributed by atoms with van der Waals surface area (Å²) in [5.74, 6) is 2.99. The Balaban J connectivity index is 1.52. The van der Waals surface area contributed by atoms with Crippen molar-refractivity contribution >= 4 is 33.7 Å². The number of para-hydroxylation sites is 1. The van der Waals surface area contributed by atoms with Crippen LogP contribution in [0.2, 0.25) is 0 Å². The van der Waals surface area contributed by atoms with E-state index in [4.69, 9.17) is 9.72 Å². The predicted molar refractivity (Wildman–Crippen MR) is 136 cm³/mol. The fourth-order valence-corrected chi connectivity index (χ4v) is 5.87. The molecule has 0 amide bonds. The van der Waals surface area contributed by atoms with Crippen LogP contribution in [0, 0.1) is 0 Å². The lowest BCUT2D eigenvalue weighted by Crippen LogP contribution is -2.32. The van der Waals surface area contributed by atoms with E-state index in [2.05, 4.69) is 21.0 Å². The molecule has 0 spiro atoms. The Bertz CT molecular complexity index is 1480. The highest BCUT2D eigenvalue weighted by molar-refractivity contribution is 7.99. The van der Waals surface area contributed by atoms with Crippen molar-refractivity contribution in [2.45, 2.75) is 32.4 Å². The second-order valence-corrected chi connectivity index (χ2v) is 10.2. The molecule has 2 aliphatic heterocycles. The van der Waals surface area contributed by atoms with Crippen molar-refractivity contribution in [2.75, 3.05) is 31.2 Å². The summed E-state index contributed by atoms with van der Waals surface area (Å²) < 4.78 is 7.86. The van der Waals surface area contributed by atoms with Gasteiger partial charge in [0, 0.05) is 43.2 Å². The quantitative estimate of drug-likeness (QED) is 0.460. The SMILES string of the molecule is O=c1[nH]c2cc(CN3CCSCC3)cc3c2nc1-c1cccc2c(=O)n([nH]c12)CCCCCO3. The van der Waals surface area contributed by atoms with E-state index in [0.717, 1.165) is 56.0 Å². The lowest BCUT2D eigenvalue weighted by Gasteiger charge is -2.26. The molecule has 0 saturated carbocycles. The van der Waals surface area contributed by atoms with Gasteiger partial charge in [-0.15, -0.1) is 0 Å². The van der Waals surface area contributed by atoms with Gasteiger partial charge in [-0.1, -0.05) is 12.1 Å². The Labute approximate surface area is 200 Å². The van der Waals surface area contributed by atoms with Crippen LogP contribution in [0.4, 0.5) is 0 Å². The van der Waals surface area contributed by atoms with Gasteiger partial charge in [0.1, 0.15) is 17.0 Å². The van der Waals surface area contributed by atoms with E-state index in [1.54, 1.807) is 16.8 Å². The van der Waals surface area contributed by atoms with Crippen LogP contribution in [0.3, 0.4) is 0 Å². The fraction of sp³-hybridized carbons (Fsp3) is 0.400. The van der Waals surface area contributed by atoms with Crippen LogP contribution in [0.1, 0.15) is 24.8 Å². The van der Waals surface area contributed by atoms with Gasteiger partial charge in [0.25, 0.3) is 11.1 Å². The van der Waals surface area contributed by atoms with E-state index >= 15 is 0 Å². The molecule has 2 aromatic carbocycles. The van der Waals surface area contributed by atoms with Crippen LogP contribution in [0.5, 0.6) is 5.75 Å². The molecule has 4 bridgehead atoms. The molecule has 2 aromatic heterocycles. The average molecular weight is 478 g/mol. The zero-order chi connectivity index (χ0) is 23.1. The van der Waals surface area contributed by atoms with Crippen molar-refractivity contribution in [1.29, 1.82) is 0 Å². The minimum Gasteiger partial charge on any atom is -0.491 e. The zero-order valence-electron chi connectivity index (χ0n) is 18.9. The molecular formula is C25H27N5O3S. The molecule has 0 atom stereocenters. The molecule has 6 rings (SSSR count). The van der Waals surface area contributed by atoms with Crippen molar-refractivity contribution in [3.63, 3.8) is 0 Å². The van der Waals surface area contributed by atoms with Crippen LogP contribution in [0.15, 0.2) is 39.9 Å². The molecule has 34 heavy (non-hydrogen) atoms. The van der Waals surface area contributed by atoms with E-state index in [1.165, 1.54) is 0 Å². The van der Waals surface area contributed by atoms with Crippen molar-refractivity contribution in [1.82, 2.24) is 24.6 Å². The van der Waals surface area contributed by atoms with Crippen molar-refractivity contribution in [3.8, 4) is 17.0 Å². The highest BCUT2D eigenvalue weighted by Gasteiger charge is 2.19. The summed E-state index contributed by atoms with van der Waals surface area (Å²) in [6, 6.07) is 9.52. The van der Waals surface area contributed by atoms with E-state index in [9.17, 15) is 9.59 Å². The summed E-state index contributed by atoms with van der Waals surface area (Å²) in [5, 5.41) is 3.79. The third-order valence-electron chi connectivity index (χ3n) is 6.66. The zero-order valence-corrected chi connectivity index (χ0v) is 19.7. The van der Waals surface area contributed by atoms with Crippen LogP contribution < -0.4 is 15.9 Å². The molecular weight excluding hydrogens is 450 g/mol. The van der Waals surface area contributed by atoms with Gasteiger partial charge in [-0.25, -0.2) is 4.98 Å². The Morgan fingerprint density at radius 2 is 1.94 bits per heavy atom. The van der Waals surface area contributed by atoms with Gasteiger partial charge in [-0.3, -0.25) is 24.3 Å². The molecule has 4 heterocycles. The lowest BCUT2D eigenvalue weighted by atomic mass is 10.1. The highest BCUT2D eigenvalue weighted by Crippen LogP contribution is 2.29. The number of benzene rings is 2. The maximum Gasteiger partial charge on any atom is 0.275 e. The molecule has 2 N–H and O–H groups in total. The molecule has 176 valence electrons. The highest BCUT2D eigenvalue weighted by atomic mass is 32.2. The third kappa shape index (κ3) is 3.92. The smallest absolute Gasteiger partial charge is 0.275 e. The number of aromatic nitrogens is 4. The minimum atomic E-state index is -0.279. The largest absolute Gasteiger partial charge is 0.491 e. The first-order valence-corrected chi connectivity index (χ1v) is 13.0. The number of nitrogens with one attached hydrogen (secondary N) is 2. The van der Waals surface area contributed by atoms with Gasteiger partial charge in [0.05, 0.1) is 23.0 Å². The first-order valence-electron chi connectivity index (χ1n) is 11.9. The average Bonchev–Trinajstić information content (AvgIpc) is 3.17. The van der Waals surface area contributed by atoms with Crippen LogP contribution in [-0.2, 0) is 13.1 Å². The minimum absolute atomic E-state index is 0.0679. The maximum absolute atomic E-state index is 13.2. The Morgan fingerprint density at radius 3 is 2.82 bits per heavy atom. The van der Waals surface area contributed by atoms with Crippen LogP contribution >= 0.6 is 11.8 Å². The van der Waals surface area contributed by atoms with Gasteiger partial charge in [0.15, 0.2) is 0 Å². The molecule has 2 aliphatic rings. The monoisotopic (exact) mass is 477 g/mol. The molecule has 9 heteroatoms. The number of H-pyrrole nitrogens is 2. The summed E-state index contributed by atoms with van der Waals surface area (Å²) in [7, 11) is 0. The molecule has 0 unspecified atom stereocenters. The number of hydrogen-bond donors (Lipinski definition) is 2. The number of ether oxygens (including phenoxy) is 1. The molecule has 1 fully saturated rings. The predicted octanol–water partition coefficient (Wildman–Crippen LogP) is 3.34. The maximum atomic E-state index is 13.2. The Kier molecular flexibility index (Phi) is 5.66. The fourth-order valence-electron chi connectivity index (χ4n) is 4.89. The van der Waals surface area contributed by atoms with Gasteiger partial charge in [0.2, 0.25) is 0 Å². The van der Waals surface area contributed by atoms with Crippen LogP contribution in [-0.4, -0.2) is 55.9 Å². The van der Waals surface area contributed by atoms with Crippen LogP contribution in [0.25, 0.3) is 33.2 Å². The number of aromatic amines is 2. The summed E-state index contributed by atoms with van der Waals surface area (Å²) in [6.07, 6.45) is 2.71. The summed E-state index contributed by atoms with van der Waals surface area (Å²) in [5.41, 5.74) is 3.64. The Hall–Kier alpha value is -3.04. The first kappa shape index (κ1) is 21.5. The second-order valence-electron chi connectivity index (χ2n) is 9.00. The number of aryl methyl sites for hydroxylation is 1. The van der Waals surface area contributed by atoms with Gasteiger partial charge in [-0.05, 0) is 43.0 Å². The lowest BCUT2D eigenvalue weighted by molar-refractivity contribution is 0.290. The number of hydrogen-bond acceptors (Lipinski definition) is 6. The number of thioether (sulfide) groups is 1. The third-order valence-corrected chi connectivity index (χ3v) is 7.60. The number of nitrogens with zero attached hydrogens (tertiary/aromatic N) is 3. The van der Waals surface area contributed by atoms with Gasteiger partial charge >= 0.3 is 0 Å². The van der Waals surface area contributed by atoms with E-state index in [0.29, 0.717) is 46.4 Å². The molecule has 0 aliphatic carbocycles. The number of rotatable bonds is 2. The van der Waals surface area contributed by atoms with E-state index in [-0.39, 0.29) is 16.8 Å². The second kappa shape index (κ2) is 8.96. The molecule has 8 nitrogen and oxygen atoms in total.